The lowest BCUT2D eigenvalue weighted by Gasteiger charge is -2.30. The van der Waals surface area contributed by atoms with Gasteiger partial charge in [-0.1, -0.05) is 5.16 Å². The second-order valence-electron chi connectivity index (χ2n) is 3.48. The van der Waals surface area contributed by atoms with E-state index in [1.165, 1.54) is 4.90 Å². The first-order valence-corrected chi connectivity index (χ1v) is 4.94. The highest BCUT2D eigenvalue weighted by atomic mass is 16.5. The fourth-order valence-corrected chi connectivity index (χ4v) is 1.58. The standard InChI is InChI=1S/C9H11N5O2/c1-6-12-8(13-16-6)9(15)14-3-2-11-5-7(14)4-10/h7,11H,2-3,5H2,1H3. The molecule has 1 aliphatic rings. The SMILES string of the molecule is Cc1nc(C(=O)N2CCNCC2C#N)no1. The van der Waals surface area contributed by atoms with Gasteiger partial charge in [0, 0.05) is 26.6 Å². The Kier molecular flexibility index (Phi) is 2.83. The molecule has 1 saturated heterocycles. The molecule has 0 saturated carbocycles. The van der Waals surface area contributed by atoms with E-state index in [1.54, 1.807) is 6.92 Å². The third-order valence-electron chi connectivity index (χ3n) is 2.37. The van der Waals surface area contributed by atoms with Gasteiger partial charge in [-0.15, -0.1) is 0 Å². The molecule has 84 valence electrons. The van der Waals surface area contributed by atoms with Crippen molar-refractivity contribution in [2.24, 2.45) is 0 Å². The monoisotopic (exact) mass is 221 g/mol. The Morgan fingerprint density at radius 2 is 2.56 bits per heavy atom. The van der Waals surface area contributed by atoms with Crippen LogP contribution < -0.4 is 5.32 Å². The molecule has 1 atom stereocenters. The van der Waals surface area contributed by atoms with Crippen LogP contribution >= 0.6 is 0 Å². The summed E-state index contributed by atoms with van der Waals surface area (Å²) in [7, 11) is 0. The molecule has 1 unspecified atom stereocenters. The number of nitrogens with one attached hydrogen (secondary N) is 1. The number of nitrogens with zero attached hydrogens (tertiary/aromatic N) is 4. The fourth-order valence-electron chi connectivity index (χ4n) is 1.58. The van der Waals surface area contributed by atoms with E-state index in [4.69, 9.17) is 9.78 Å². The smallest absolute Gasteiger partial charge is 0.296 e. The summed E-state index contributed by atoms with van der Waals surface area (Å²) in [6, 6.07) is 1.60. The molecule has 0 spiro atoms. The Bertz CT molecular complexity index is 435. The van der Waals surface area contributed by atoms with Crippen molar-refractivity contribution in [2.75, 3.05) is 19.6 Å². The first kappa shape index (κ1) is 10.6. The first-order valence-electron chi connectivity index (χ1n) is 4.94. The molecule has 1 aromatic rings. The summed E-state index contributed by atoms with van der Waals surface area (Å²) in [4.78, 5) is 17.3. The summed E-state index contributed by atoms with van der Waals surface area (Å²) < 4.78 is 4.74. The third-order valence-corrected chi connectivity index (χ3v) is 2.37. The number of carbonyl (C=O) groups excluding carboxylic acids is 1. The minimum Gasteiger partial charge on any atom is -0.339 e. The van der Waals surface area contributed by atoms with Gasteiger partial charge in [-0.3, -0.25) is 4.79 Å². The van der Waals surface area contributed by atoms with Crippen molar-refractivity contribution in [1.29, 1.82) is 5.26 Å². The summed E-state index contributed by atoms with van der Waals surface area (Å²) in [6.07, 6.45) is 0. The maximum Gasteiger partial charge on any atom is 0.296 e. The molecule has 1 N–H and O–H groups in total. The Morgan fingerprint density at radius 1 is 1.75 bits per heavy atom. The highest BCUT2D eigenvalue weighted by Crippen LogP contribution is 2.07. The summed E-state index contributed by atoms with van der Waals surface area (Å²) in [5.41, 5.74) is 0. The minimum atomic E-state index is -0.472. The Hall–Kier alpha value is -1.94. The van der Waals surface area contributed by atoms with E-state index >= 15 is 0 Å². The van der Waals surface area contributed by atoms with Crippen molar-refractivity contribution < 1.29 is 9.32 Å². The second-order valence-corrected chi connectivity index (χ2v) is 3.48. The van der Waals surface area contributed by atoms with Gasteiger partial charge < -0.3 is 14.7 Å². The number of aromatic nitrogens is 2. The molecule has 1 amide bonds. The first-order chi connectivity index (χ1) is 7.72. The van der Waals surface area contributed by atoms with Crippen molar-refractivity contribution in [1.82, 2.24) is 20.4 Å². The molecule has 0 aromatic carbocycles. The molecule has 0 radical (unpaired) electrons. The van der Waals surface area contributed by atoms with Gasteiger partial charge >= 0.3 is 0 Å². The molecule has 7 heteroatoms. The van der Waals surface area contributed by atoms with Gasteiger partial charge in [0.2, 0.25) is 5.89 Å². The van der Waals surface area contributed by atoms with Gasteiger partial charge in [-0.2, -0.15) is 10.2 Å². The molecule has 2 heterocycles. The van der Waals surface area contributed by atoms with E-state index in [0.717, 1.165) is 0 Å². The van der Waals surface area contributed by atoms with Gasteiger partial charge in [-0.05, 0) is 0 Å². The van der Waals surface area contributed by atoms with Gasteiger partial charge in [0.05, 0.1) is 6.07 Å². The largest absolute Gasteiger partial charge is 0.339 e. The van der Waals surface area contributed by atoms with Crippen LogP contribution in [0, 0.1) is 18.3 Å². The summed E-state index contributed by atoms with van der Waals surface area (Å²) in [6.45, 7) is 3.23. The van der Waals surface area contributed by atoms with E-state index in [1.807, 2.05) is 0 Å². The molecule has 0 aliphatic carbocycles. The second kappa shape index (κ2) is 4.28. The molecule has 2 rings (SSSR count). The lowest BCUT2D eigenvalue weighted by atomic mass is 10.2. The number of piperazine rings is 1. The zero-order chi connectivity index (χ0) is 11.5. The van der Waals surface area contributed by atoms with Crippen LogP contribution in [0.1, 0.15) is 16.5 Å². The number of nitriles is 1. The average molecular weight is 221 g/mol. The van der Waals surface area contributed by atoms with Crippen LogP contribution in [0.5, 0.6) is 0 Å². The molecular weight excluding hydrogens is 210 g/mol. The number of rotatable bonds is 1. The molecule has 1 fully saturated rings. The summed E-state index contributed by atoms with van der Waals surface area (Å²) in [5, 5.41) is 15.5. The van der Waals surface area contributed by atoms with Crippen molar-refractivity contribution in [3.05, 3.63) is 11.7 Å². The number of hydrogen-bond donors (Lipinski definition) is 1. The lowest BCUT2D eigenvalue weighted by Crippen LogP contribution is -2.53. The van der Waals surface area contributed by atoms with Crippen LogP contribution in [0.15, 0.2) is 4.52 Å². The van der Waals surface area contributed by atoms with E-state index < -0.39 is 6.04 Å². The quantitative estimate of drug-likeness (QED) is 0.674. The Labute approximate surface area is 92.0 Å². The third kappa shape index (κ3) is 1.87. The highest BCUT2D eigenvalue weighted by Gasteiger charge is 2.29. The van der Waals surface area contributed by atoms with Crippen molar-refractivity contribution in [3.63, 3.8) is 0 Å². The van der Waals surface area contributed by atoms with Crippen molar-refractivity contribution >= 4 is 5.91 Å². The zero-order valence-corrected chi connectivity index (χ0v) is 8.80. The summed E-state index contributed by atoms with van der Waals surface area (Å²) in [5.74, 6) is -0.00320. The van der Waals surface area contributed by atoms with Gasteiger partial charge in [0.1, 0.15) is 6.04 Å². The van der Waals surface area contributed by atoms with Crippen molar-refractivity contribution in [3.8, 4) is 6.07 Å². The fraction of sp³-hybridized carbons (Fsp3) is 0.556. The topological polar surface area (TPSA) is 95.1 Å². The number of amides is 1. The maximum absolute atomic E-state index is 11.9. The van der Waals surface area contributed by atoms with Crippen LogP contribution in [0.2, 0.25) is 0 Å². The van der Waals surface area contributed by atoms with E-state index in [-0.39, 0.29) is 11.7 Å². The van der Waals surface area contributed by atoms with Crippen LogP contribution in [0.3, 0.4) is 0 Å². The van der Waals surface area contributed by atoms with E-state index in [2.05, 4.69) is 21.5 Å². The van der Waals surface area contributed by atoms with Crippen LogP contribution in [0.25, 0.3) is 0 Å². The summed E-state index contributed by atoms with van der Waals surface area (Å²) >= 11 is 0. The van der Waals surface area contributed by atoms with Gasteiger partial charge in [0.15, 0.2) is 0 Å². The molecule has 0 bridgehead atoms. The minimum absolute atomic E-state index is 0.0136. The Balaban J connectivity index is 2.17. The van der Waals surface area contributed by atoms with Crippen molar-refractivity contribution in [2.45, 2.75) is 13.0 Å². The van der Waals surface area contributed by atoms with Gasteiger partial charge in [-0.25, -0.2) is 0 Å². The number of carbonyl (C=O) groups is 1. The maximum atomic E-state index is 11.9. The molecule has 1 aromatic heterocycles. The predicted octanol–water partition coefficient (Wildman–Crippen LogP) is -0.684. The van der Waals surface area contributed by atoms with Crippen LogP contribution in [-0.4, -0.2) is 46.6 Å². The molecule has 7 nitrogen and oxygen atoms in total. The van der Waals surface area contributed by atoms with Crippen LogP contribution in [0.4, 0.5) is 0 Å². The molecule has 16 heavy (non-hydrogen) atoms. The van der Waals surface area contributed by atoms with E-state index in [0.29, 0.717) is 25.5 Å². The predicted molar refractivity (Wildman–Crippen MR) is 52.3 cm³/mol. The number of hydrogen-bond acceptors (Lipinski definition) is 6. The van der Waals surface area contributed by atoms with Gasteiger partial charge in [0.25, 0.3) is 11.7 Å². The molecule has 1 aliphatic heterocycles. The Morgan fingerprint density at radius 3 is 3.19 bits per heavy atom. The van der Waals surface area contributed by atoms with Crippen LogP contribution in [-0.2, 0) is 0 Å². The highest BCUT2D eigenvalue weighted by molar-refractivity contribution is 5.90. The molecular formula is C9H11N5O2. The normalized spacial score (nSPS) is 20.5. The van der Waals surface area contributed by atoms with E-state index in [9.17, 15) is 4.79 Å². The average Bonchev–Trinajstić information content (AvgIpc) is 2.75. The number of aryl methyl sites for hydroxylation is 1. The zero-order valence-electron chi connectivity index (χ0n) is 8.80. The lowest BCUT2D eigenvalue weighted by molar-refractivity contribution is 0.0671.